The number of dihydropyridines is 1. The summed E-state index contributed by atoms with van der Waals surface area (Å²) in [6.07, 6.45) is 9.54. The quantitative estimate of drug-likeness (QED) is 0.344. The molecule has 174 valence electrons. The molecule has 1 atom stereocenters. The molecule has 3 N–H and O–H groups in total. The summed E-state index contributed by atoms with van der Waals surface area (Å²) in [6, 6.07) is 8.44. The number of benzene rings is 1. The maximum Gasteiger partial charge on any atom is 0.181 e. The number of pyridine rings is 2. The molecule has 9 heteroatoms. The highest BCUT2D eigenvalue weighted by Gasteiger charge is 2.19. The van der Waals surface area contributed by atoms with Crippen molar-refractivity contribution in [3.05, 3.63) is 72.0 Å². The third kappa shape index (κ3) is 4.00. The molecular weight excluding hydrogens is 443 g/mol. The number of imidazole rings is 1. The predicted octanol–water partition coefficient (Wildman–Crippen LogP) is 4.41. The molecule has 5 heterocycles. The second kappa shape index (κ2) is 8.84. The van der Waals surface area contributed by atoms with Crippen molar-refractivity contribution in [3.8, 4) is 22.6 Å². The first kappa shape index (κ1) is 21.3. The van der Waals surface area contributed by atoms with Crippen LogP contribution in [0.15, 0.2) is 65.6 Å². The molecule has 4 aromatic heterocycles. The van der Waals surface area contributed by atoms with Crippen LogP contribution in [-0.2, 0) is 0 Å². The molecule has 1 aliphatic rings. The molecule has 1 unspecified atom stereocenters. The van der Waals surface area contributed by atoms with E-state index in [9.17, 15) is 4.39 Å². The lowest BCUT2D eigenvalue weighted by atomic mass is 9.95. The number of nitrogens with one attached hydrogen (secondary N) is 3. The fourth-order valence-electron chi connectivity index (χ4n) is 4.40. The van der Waals surface area contributed by atoms with Crippen LogP contribution in [0.5, 0.6) is 0 Å². The molecule has 0 saturated heterocycles. The summed E-state index contributed by atoms with van der Waals surface area (Å²) in [5, 5.41) is 11.7. The third-order valence-corrected chi connectivity index (χ3v) is 6.20. The molecule has 0 saturated carbocycles. The van der Waals surface area contributed by atoms with Crippen LogP contribution in [-0.4, -0.2) is 56.0 Å². The van der Waals surface area contributed by atoms with Gasteiger partial charge in [-0.3, -0.25) is 15.1 Å². The molecule has 0 bridgehead atoms. The first-order valence-electron chi connectivity index (χ1n) is 11.5. The van der Waals surface area contributed by atoms with Gasteiger partial charge in [0, 0.05) is 43.2 Å². The first-order valence-corrected chi connectivity index (χ1v) is 11.5. The lowest BCUT2D eigenvalue weighted by molar-refractivity contribution is 0.628. The molecule has 35 heavy (non-hydrogen) atoms. The van der Waals surface area contributed by atoms with Crippen LogP contribution in [0, 0.1) is 5.82 Å². The van der Waals surface area contributed by atoms with E-state index in [1.54, 1.807) is 24.5 Å². The predicted molar refractivity (Wildman–Crippen MR) is 135 cm³/mol. The Labute approximate surface area is 200 Å². The van der Waals surface area contributed by atoms with Gasteiger partial charge >= 0.3 is 0 Å². The summed E-state index contributed by atoms with van der Waals surface area (Å²) in [5.74, 6) is 0.511. The van der Waals surface area contributed by atoms with Gasteiger partial charge in [-0.15, -0.1) is 0 Å². The Balaban J connectivity index is 1.40. The Kier molecular flexibility index (Phi) is 5.38. The summed E-state index contributed by atoms with van der Waals surface area (Å²) in [5.41, 5.74) is 6.84. The Morgan fingerprint density at radius 1 is 1.14 bits per heavy atom. The maximum absolute atomic E-state index is 13.4. The van der Waals surface area contributed by atoms with Gasteiger partial charge < -0.3 is 10.3 Å². The van der Waals surface area contributed by atoms with Crippen molar-refractivity contribution < 1.29 is 4.39 Å². The zero-order valence-corrected chi connectivity index (χ0v) is 19.1. The minimum atomic E-state index is -0.281. The van der Waals surface area contributed by atoms with Crippen LogP contribution in [0.4, 0.5) is 4.39 Å². The number of fused-ring (bicyclic) bond motifs is 2. The van der Waals surface area contributed by atoms with E-state index in [-0.39, 0.29) is 11.7 Å². The van der Waals surface area contributed by atoms with Crippen molar-refractivity contribution in [3.63, 3.8) is 0 Å². The van der Waals surface area contributed by atoms with Gasteiger partial charge in [-0.05, 0) is 41.4 Å². The van der Waals surface area contributed by atoms with Crippen LogP contribution in [0.1, 0.15) is 18.4 Å². The van der Waals surface area contributed by atoms with Gasteiger partial charge in [0.2, 0.25) is 0 Å². The zero-order valence-electron chi connectivity index (χ0n) is 19.1. The summed E-state index contributed by atoms with van der Waals surface area (Å²) < 4.78 is 13.4. The molecule has 1 aromatic carbocycles. The monoisotopic (exact) mass is 466 g/mol. The topological polar surface area (TPSA) is 108 Å². The van der Waals surface area contributed by atoms with Crippen molar-refractivity contribution in [2.24, 2.45) is 4.99 Å². The van der Waals surface area contributed by atoms with E-state index >= 15 is 0 Å². The molecular formula is C26H23FN8. The van der Waals surface area contributed by atoms with E-state index < -0.39 is 0 Å². The maximum atomic E-state index is 13.4. The molecule has 0 fully saturated rings. The van der Waals surface area contributed by atoms with Crippen LogP contribution < -0.4 is 5.32 Å². The normalized spacial score (nSPS) is 15.7. The summed E-state index contributed by atoms with van der Waals surface area (Å²) in [7, 11) is 0. The molecule has 8 nitrogen and oxygen atoms in total. The van der Waals surface area contributed by atoms with Gasteiger partial charge in [0.1, 0.15) is 11.5 Å². The fourth-order valence-corrected chi connectivity index (χ4v) is 4.40. The highest BCUT2D eigenvalue weighted by atomic mass is 19.1. The van der Waals surface area contributed by atoms with Crippen LogP contribution in [0.25, 0.3) is 44.7 Å². The van der Waals surface area contributed by atoms with Crippen molar-refractivity contribution >= 4 is 28.3 Å². The van der Waals surface area contributed by atoms with E-state index in [4.69, 9.17) is 4.98 Å². The summed E-state index contributed by atoms with van der Waals surface area (Å²) in [6.45, 7) is 4.49. The summed E-state index contributed by atoms with van der Waals surface area (Å²) in [4.78, 5) is 21.7. The van der Waals surface area contributed by atoms with Crippen molar-refractivity contribution in [2.45, 2.75) is 12.8 Å². The Morgan fingerprint density at radius 2 is 2.03 bits per heavy atom. The average Bonchev–Trinajstić information content (AvgIpc) is 3.51. The average molecular weight is 467 g/mol. The number of nitrogens with zero attached hydrogens (tertiary/aromatic N) is 5. The van der Waals surface area contributed by atoms with Crippen molar-refractivity contribution in [2.75, 3.05) is 19.6 Å². The zero-order chi connectivity index (χ0) is 23.8. The number of aliphatic imine (C=N–C) groups is 1. The largest absolute Gasteiger partial charge is 0.335 e. The van der Waals surface area contributed by atoms with Crippen LogP contribution in [0.2, 0.25) is 0 Å². The SMILES string of the molecule is CCNCC1=CC(c2cnc3n[nH]c(-c4nc5c(-c6ccc(F)cc6)cncc5[nH]4)c3c2)CN=C1. The Hall–Kier alpha value is -4.24. The molecule has 0 spiro atoms. The first-order chi connectivity index (χ1) is 17.2. The lowest BCUT2D eigenvalue weighted by Crippen LogP contribution is -2.19. The van der Waals surface area contributed by atoms with E-state index in [0.717, 1.165) is 51.9 Å². The second-order valence-corrected chi connectivity index (χ2v) is 8.54. The van der Waals surface area contributed by atoms with Crippen LogP contribution >= 0.6 is 0 Å². The third-order valence-electron chi connectivity index (χ3n) is 6.20. The minimum absolute atomic E-state index is 0.151. The molecule has 6 rings (SSSR count). The van der Waals surface area contributed by atoms with Gasteiger partial charge in [-0.25, -0.2) is 14.4 Å². The summed E-state index contributed by atoms with van der Waals surface area (Å²) >= 11 is 0. The molecule has 0 aliphatic carbocycles. The number of halogens is 1. The number of hydrogen-bond donors (Lipinski definition) is 3. The molecule has 5 aromatic rings. The Bertz CT molecular complexity index is 1580. The van der Waals surface area contributed by atoms with Gasteiger partial charge in [0.15, 0.2) is 11.5 Å². The van der Waals surface area contributed by atoms with E-state index in [1.165, 1.54) is 17.7 Å². The number of aromatic nitrogens is 6. The van der Waals surface area contributed by atoms with Gasteiger partial charge in [0.05, 0.1) is 22.6 Å². The smallest absolute Gasteiger partial charge is 0.181 e. The fraction of sp³-hybridized carbons (Fsp3) is 0.192. The lowest BCUT2D eigenvalue weighted by Gasteiger charge is -2.16. The van der Waals surface area contributed by atoms with Gasteiger partial charge in [-0.2, -0.15) is 5.10 Å². The van der Waals surface area contributed by atoms with Gasteiger partial charge in [0.25, 0.3) is 0 Å². The van der Waals surface area contributed by atoms with E-state index in [2.05, 4.69) is 54.5 Å². The molecule has 0 radical (unpaired) electrons. The van der Waals surface area contributed by atoms with E-state index in [0.29, 0.717) is 18.0 Å². The molecule has 1 aliphatic heterocycles. The number of likely N-dealkylation sites (N-methyl/N-ethyl adjacent to an activating group) is 1. The number of hydrogen-bond acceptors (Lipinski definition) is 6. The number of rotatable bonds is 6. The van der Waals surface area contributed by atoms with Gasteiger partial charge in [-0.1, -0.05) is 25.1 Å². The second-order valence-electron chi connectivity index (χ2n) is 8.54. The van der Waals surface area contributed by atoms with Crippen molar-refractivity contribution in [1.82, 2.24) is 35.5 Å². The Morgan fingerprint density at radius 3 is 2.89 bits per heavy atom. The number of aromatic amines is 2. The number of H-pyrrole nitrogens is 2. The van der Waals surface area contributed by atoms with E-state index in [1.807, 2.05) is 12.4 Å². The van der Waals surface area contributed by atoms with Crippen LogP contribution in [0.3, 0.4) is 0 Å². The highest BCUT2D eigenvalue weighted by molar-refractivity contribution is 5.96. The molecule has 0 amide bonds. The van der Waals surface area contributed by atoms with Crippen molar-refractivity contribution in [1.29, 1.82) is 0 Å². The highest BCUT2D eigenvalue weighted by Crippen LogP contribution is 2.32. The standard InChI is InChI=1S/C26H23FN8/c1-2-28-9-15-7-17(11-29-10-15)18-8-20-24(34-35-25(20)31-12-18)26-32-22-14-30-13-21(23(22)33-26)16-3-5-19(27)6-4-16/h3-8,10,12-14,17,28H,2,9,11H2,1H3,(H,32,33)(H,31,34,35). The minimum Gasteiger partial charge on any atom is -0.335 e.